The number of benzene rings is 1. The van der Waals surface area contributed by atoms with Crippen molar-refractivity contribution in [3.63, 3.8) is 0 Å². The number of rotatable bonds is 4. The van der Waals surface area contributed by atoms with Crippen molar-refractivity contribution < 1.29 is 14.7 Å². The Hall–Kier alpha value is -2.83. The zero-order valence-corrected chi connectivity index (χ0v) is 12.5. The molecule has 0 radical (unpaired) electrons. The van der Waals surface area contributed by atoms with E-state index in [2.05, 4.69) is 15.3 Å². The lowest BCUT2D eigenvalue weighted by Crippen LogP contribution is -2.52. The fourth-order valence-corrected chi connectivity index (χ4v) is 2.73. The summed E-state index contributed by atoms with van der Waals surface area (Å²) < 4.78 is 0. The molecule has 2 aromatic rings. The molecule has 1 aliphatic rings. The molecule has 0 aliphatic carbocycles. The minimum Gasteiger partial charge on any atom is -0.480 e. The third-order valence-corrected chi connectivity index (χ3v) is 3.98. The van der Waals surface area contributed by atoms with Gasteiger partial charge in [0.1, 0.15) is 6.04 Å². The molecular weight excluding hydrogens is 296 g/mol. The van der Waals surface area contributed by atoms with Gasteiger partial charge in [0, 0.05) is 13.0 Å². The van der Waals surface area contributed by atoms with Crippen LogP contribution in [0.25, 0.3) is 0 Å². The Bertz CT molecular complexity index is 698. The molecule has 0 spiro atoms. The highest BCUT2D eigenvalue weighted by Crippen LogP contribution is 2.20. The first-order valence-electron chi connectivity index (χ1n) is 7.47. The average molecular weight is 314 g/mol. The first-order chi connectivity index (χ1) is 11.1. The lowest BCUT2D eigenvalue weighted by atomic mass is 10.0. The van der Waals surface area contributed by atoms with E-state index >= 15 is 0 Å². The molecule has 23 heavy (non-hydrogen) atoms. The number of aromatic nitrogens is 2. The second-order valence-corrected chi connectivity index (χ2v) is 5.48. The number of carboxylic acids is 1. The van der Waals surface area contributed by atoms with E-state index in [4.69, 9.17) is 0 Å². The normalized spacial score (nSPS) is 16.7. The van der Waals surface area contributed by atoms with Crippen molar-refractivity contribution in [1.29, 1.82) is 0 Å². The molecular formula is C16H18N4O3. The van der Waals surface area contributed by atoms with Gasteiger partial charge in [-0.05, 0) is 12.0 Å². The van der Waals surface area contributed by atoms with Gasteiger partial charge >= 0.3 is 12.0 Å². The second kappa shape index (κ2) is 6.51. The number of carbonyl (C=O) groups is 2. The van der Waals surface area contributed by atoms with Crippen LogP contribution in [0.5, 0.6) is 0 Å². The molecule has 2 heterocycles. The van der Waals surface area contributed by atoms with Crippen LogP contribution in [-0.4, -0.2) is 44.6 Å². The summed E-state index contributed by atoms with van der Waals surface area (Å²) in [6, 6.07) is 8.56. The summed E-state index contributed by atoms with van der Waals surface area (Å²) in [4.78, 5) is 32.2. The van der Waals surface area contributed by atoms with Crippen LogP contribution < -0.4 is 5.32 Å². The van der Waals surface area contributed by atoms with Crippen LogP contribution >= 0.6 is 0 Å². The van der Waals surface area contributed by atoms with Crippen LogP contribution in [0.15, 0.2) is 36.7 Å². The summed E-state index contributed by atoms with van der Waals surface area (Å²) in [5, 5.41) is 12.2. The molecule has 3 N–H and O–H groups in total. The number of urea groups is 1. The molecule has 120 valence electrons. The van der Waals surface area contributed by atoms with Crippen molar-refractivity contribution >= 4 is 12.0 Å². The molecule has 3 rings (SSSR count). The largest absolute Gasteiger partial charge is 0.480 e. The zero-order valence-electron chi connectivity index (χ0n) is 12.5. The molecule has 1 unspecified atom stereocenters. The fraction of sp³-hybridized carbons (Fsp3) is 0.312. The SMILES string of the molecule is O=C(O)C1Cc2nc[nH]c2CN1C(=O)NCCc1ccccc1. The number of aromatic amines is 1. The van der Waals surface area contributed by atoms with E-state index in [1.165, 1.54) is 11.2 Å². The maximum absolute atomic E-state index is 12.4. The van der Waals surface area contributed by atoms with Crippen LogP contribution in [0.1, 0.15) is 17.0 Å². The Labute approximate surface area is 133 Å². The minimum atomic E-state index is -1.02. The fourth-order valence-electron chi connectivity index (χ4n) is 2.73. The monoisotopic (exact) mass is 314 g/mol. The Balaban J connectivity index is 1.62. The van der Waals surface area contributed by atoms with Crippen LogP contribution in [-0.2, 0) is 24.2 Å². The lowest BCUT2D eigenvalue weighted by molar-refractivity contribution is -0.142. The van der Waals surface area contributed by atoms with Gasteiger partial charge in [0.2, 0.25) is 0 Å². The van der Waals surface area contributed by atoms with Gasteiger partial charge in [-0.3, -0.25) is 0 Å². The average Bonchev–Trinajstić information content (AvgIpc) is 3.02. The van der Waals surface area contributed by atoms with Crippen molar-refractivity contribution in [2.24, 2.45) is 0 Å². The van der Waals surface area contributed by atoms with Gasteiger partial charge in [0.25, 0.3) is 0 Å². The van der Waals surface area contributed by atoms with E-state index in [0.717, 1.165) is 11.3 Å². The number of hydrogen-bond acceptors (Lipinski definition) is 3. The number of fused-ring (bicyclic) bond motifs is 1. The first-order valence-corrected chi connectivity index (χ1v) is 7.47. The van der Waals surface area contributed by atoms with E-state index in [-0.39, 0.29) is 19.0 Å². The Kier molecular flexibility index (Phi) is 4.27. The summed E-state index contributed by atoms with van der Waals surface area (Å²) in [5.74, 6) is -1.02. The number of H-pyrrole nitrogens is 1. The Morgan fingerprint density at radius 3 is 2.87 bits per heavy atom. The maximum Gasteiger partial charge on any atom is 0.326 e. The number of nitrogens with zero attached hydrogens (tertiary/aromatic N) is 2. The first kappa shape index (κ1) is 15.1. The predicted molar refractivity (Wildman–Crippen MR) is 82.8 cm³/mol. The molecule has 7 nitrogen and oxygen atoms in total. The Morgan fingerprint density at radius 1 is 1.35 bits per heavy atom. The van der Waals surface area contributed by atoms with E-state index in [1.807, 2.05) is 30.3 Å². The standard InChI is InChI=1S/C16H18N4O3/c21-15(22)14-8-12-13(19-10-18-12)9-20(14)16(23)17-7-6-11-4-2-1-3-5-11/h1-5,10,14H,6-9H2,(H,17,23)(H,18,19)(H,21,22). The van der Waals surface area contributed by atoms with Crippen molar-refractivity contribution in [3.8, 4) is 0 Å². The highest BCUT2D eigenvalue weighted by molar-refractivity contribution is 5.83. The van der Waals surface area contributed by atoms with Crippen molar-refractivity contribution in [3.05, 3.63) is 53.6 Å². The summed E-state index contributed by atoms with van der Waals surface area (Å²) in [7, 11) is 0. The van der Waals surface area contributed by atoms with E-state index in [9.17, 15) is 14.7 Å². The van der Waals surface area contributed by atoms with Gasteiger partial charge in [-0.2, -0.15) is 0 Å². The topological polar surface area (TPSA) is 98.3 Å². The van der Waals surface area contributed by atoms with Gasteiger partial charge < -0.3 is 20.3 Å². The molecule has 1 aromatic heterocycles. The Morgan fingerprint density at radius 2 is 2.13 bits per heavy atom. The predicted octanol–water partition coefficient (Wildman–Crippen LogP) is 1.17. The number of amides is 2. The number of imidazole rings is 1. The zero-order chi connectivity index (χ0) is 16.2. The van der Waals surface area contributed by atoms with E-state index < -0.39 is 12.0 Å². The summed E-state index contributed by atoms with van der Waals surface area (Å²) >= 11 is 0. The molecule has 0 saturated carbocycles. The van der Waals surface area contributed by atoms with Gasteiger partial charge in [-0.1, -0.05) is 30.3 Å². The van der Waals surface area contributed by atoms with Crippen molar-refractivity contribution in [2.75, 3.05) is 6.54 Å². The quantitative estimate of drug-likeness (QED) is 0.789. The van der Waals surface area contributed by atoms with Gasteiger partial charge in [0.15, 0.2) is 0 Å². The minimum absolute atomic E-state index is 0.222. The molecule has 1 aliphatic heterocycles. The number of hydrogen-bond donors (Lipinski definition) is 3. The molecule has 7 heteroatoms. The number of carbonyl (C=O) groups excluding carboxylic acids is 1. The van der Waals surface area contributed by atoms with Crippen LogP contribution in [0.2, 0.25) is 0 Å². The van der Waals surface area contributed by atoms with Crippen LogP contribution in [0.3, 0.4) is 0 Å². The molecule has 1 aromatic carbocycles. The van der Waals surface area contributed by atoms with Crippen molar-refractivity contribution in [2.45, 2.75) is 25.4 Å². The third kappa shape index (κ3) is 3.33. The second-order valence-electron chi connectivity index (χ2n) is 5.48. The number of nitrogens with one attached hydrogen (secondary N) is 2. The summed E-state index contributed by atoms with van der Waals surface area (Å²) in [5.41, 5.74) is 2.63. The summed E-state index contributed by atoms with van der Waals surface area (Å²) in [6.45, 7) is 0.686. The highest BCUT2D eigenvalue weighted by atomic mass is 16.4. The van der Waals surface area contributed by atoms with Crippen LogP contribution in [0.4, 0.5) is 4.79 Å². The smallest absolute Gasteiger partial charge is 0.326 e. The van der Waals surface area contributed by atoms with Gasteiger partial charge in [0.05, 0.1) is 24.3 Å². The molecule has 0 saturated heterocycles. The van der Waals surface area contributed by atoms with Crippen molar-refractivity contribution in [1.82, 2.24) is 20.2 Å². The molecule has 0 bridgehead atoms. The molecule has 0 fully saturated rings. The maximum atomic E-state index is 12.4. The number of carboxylic acid groups (broad SMARTS) is 1. The van der Waals surface area contributed by atoms with Gasteiger partial charge in [-0.15, -0.1) is 0 Å². The highest BCUT2D eigenvalue weighted by Gasteiger charge is 2.35. The van der Waals surface area contributed by atoms with E-state index in [1.54, 1.807) is 0 Å². The lowest BCUT2D eigenvalue weighted by Gasteiger charge is -2.32. The van der Waals surface area contributed by atoms with Crippen LogP contribution in [0, 0.1) is 0 Å². The molecule has 1 atom stereocenters. The molecule has 2 amide bonds. The third-order valence-electron chi connectivity index (χ3n) is 3.98. The summed E-state index contributed by atoms with van der Waals surface area (Å²) in [6.07, 6.45) is 2.45. The number of aliphatic carboxylic acids is 1. The van der Waals surface area contributed by atoms with Gasteiger partial charge in [-0.25, -0.2) is 14.6 Å². The van der Waals surface area contributed by atoms with E-state index in [0.29, 0.717) is 18.7 Å².